The van der Waals surface area contributed by atoms with Crippen LogP contribution in [0.25, 0.3) is 10.9 Å². The van der Waals surface area contributed by atoms with E-state index >= 15 is 0 Å². The molecule has 0 spiro atoms. The number of benzene rings is 2. The highest BCUT2D eigenvalue weighted by molar-refractivity contribution is 7.89. The minimum atomic E-state index is -4.01. The van der Waals surface area contributed by atoms with Gasteiger partial charge in [0.25, 0.3) is 0 Å². The zero-order valence-electron chi connectivity index (χ0n) is 16.1. The standard InChI is InChI=1S/C21H21ClN4O3S/c22-17-6-2-1-5-14(17)11-21(27)24-15-12-18-16(19(13-15)30(23,28)29)7-8-20(25-18)26-9-3-4-10-26/h1-2,5-8,12-13H,3-4,9-11H2,(H,24,27)(H2,23,28,29). The number of amides is 1. The van der Waals surface area contributed by atoms with Crippen molar-refractivity contribution in [3.05, 3.63) is 59.1 Å². The fraction of sp³-hybridized carbons (Fsp3) is 0.238. The summed E-state index contributed by atoms with van der Waals surface area (Å²) in [6.07, 6.45) is 2.25. The second-order valence-corrected chi connectivity index (χ2v) is 9.20. The fourth-order valence-electron chi connectivity index (χ4n) is 3.64. The smallest absolute Gasteiger partial charge is 0.238 e. The molecular formula is C21H21ClN4O3S. The summed E-state index contributed by atoms with van der Waals surface area (Å²) in [5, 5.41) is 9.08. The first kappa shape index (κ1) is 20.6. The molecule has 7 nitrogen and oxygen atoms in total. The third-order valence-electron chi connectivity index (χ3n) is 5.08. The number of sulfonamides is 1. The van der Waals surface area contributed by atoms with Gasteiger partial charge in [0.1, 0.15) is 5.82 Å². The normalized spacial score (nSPS) is 14.3. The van der Waals surface area contributed by atoms with E-state index in [4.69, 9.17) is 16.7 Å². The second-order valence-electron chi connectivity index (χ2n) is 7.27. The van der Waals surface area contributed by atoms with Gasteiger partial charge in [0.15, 0.2) is 0 Å². The van der Waals surface area contributed by atoms with E-state index in [0.29, 0.717) is 27.2 Å². The van der Waals surface area contributed by atoms with E-state index in [1.165, 1.54) is 6.07 Å². The average Bonchev–Trinajstić information content (AvgIpc) is 3.23. The lowest BCUT2D eigenvalue weighted by Gasteiger charge is -2.17. The summed E-state index contributed by atoms with van der Waals surface area (Å²) in [5.41, 5.74) is 1.45. The lowest BCUT2D eigenvalue weighted by atomic mass is 10.1. The molecule has 0 bridgehead atoms. The summed E-state index contributed by atoms with van der Waals surface area (Å²) in [6.45, 7) is 1.82. The third-order valence-corrected chi connectivity index (χ3v) is 6.40. The van der Waals surface area contributed by atoms with E-state index in [2.05, 4.69) is 15.2 Å². The second kappa shape index (κ2) is 8.22. The zero-order valence-corrected chi connectivity index (χ0v) is 17.7. The molecule has 4 rings (SSSR count). The summed E-state index contributed by atoms with van der Waals surface area (Å²) in [6, 6.07) is 13.6. The Hall–Kier alpha value is -2.68. The minimum absolute atomic E-state index is 0.0592. The number of halogens is 1. The van der Waals surface area contributed by atoms with Gasteiger partial charge in [0, 0.05) is 29.2 Å². The van der Waals surface area contributed by atoms with Crippen molar-refractivity contribution in [3.63, 3.8) is 0 Å². The van der Waals surface area contributed by atoms with Crippen LogP contribution >= 0.6 is 11.6 Å². The van der Waals surface area contributed by atoms with E-state index in [1.807, 2.05) is 0 Å². The number of carbonyl (C=O) groups is 1. The van der Waals surface area contributed by atoms with Crippen molar-refractivity contribution >= 4 is 49.9 Å². The van der Waals surface area contributed by atoms with Crippen molar-refractivity contribution in [1.29, 1.82) is 0 Å². The maximum Gasteiger partial charge on any atom is 0.238 e. The first-order valence-electron chi connectivity index (χ1n) is 9.57. The third kappa shape index (κ3) is 4.40. The van der Waals surface area contributed by atoms with Gasteiger partial charge in [0.2, 0.25) is 15.9 Å². The van der Waals surface area contributed by atoms with Crippen LogP contribution in [0, 0.1) is 0 Å². The number of rotatable bonds is 5. The van der Waals surface area contributed by atoms with Crippen LogP contribution in [-0.2, 0) is 21.2 Å². The summed E-state index contributed by atoms with van der Waals surface area (Å²) >= 11 is 6.12. The Morgan fingerprint density at radius 1 is 1.13 bits per heavy atom. The summed E-state index contributed by atoms with van der Waals surface area (Å²) < 4.78 is 24.3. The molecule has 0 aliphatic carbocycles. The molecule has 9 heteroatoms. The number of aromatic nitrogens is 1. The molecule has 156 valence electrons. The predicted molar refractivity (Wildman–Crippen MR) is 118 cm³/mol. The van der Waals surface area contributed by atoms with Gasteiger partial charge in [-0.3, -0.25) is 4.79 Å². The molecule has 1 amide bonds. The lowest BCUT2D eigenvalue weighted by molar-refractivity contribution is -0.115. The van der Waals surface area contributed by atoms with Gasteiger partial charge in [0.05, 0.1) is 16.8 Å². The molecule has 0 radical (unpaired) electrons. The SMILES string of the molecule is NS(=O)(=O)c1cc(NC(=O)Cc2ccccc2Cl)cc2nc(N3CCCC3)ccc12. The molecule has 30 heavy (non-hydrogen) atoms. The number of anilines is 2. The van der Waals surface area contributed by atoms with Crippen LogP contribution in [0.5, 0.6) is 0 Å². The Balaban J connectivity index is 1.69. The van der Waals surface area contributed by atoms with E-state index < -0.39 is 10.0 Å². The number of hydrogen-bond acceptors (Lipinski definition) is 5. The average molecular weight is 445 g/mol. The van der Waals surface area contributed by atoms with Crippen LogP contribution in [0.1, 0.15) is 18.4 Å². The van der Waals surface area contributed by atoms with E-state index in [-0.39, 0.29) is 17.2 Å². The Morgan fingerprint density at radius 2 is 1.87 bits per heavy atom. The zero-order chi connectivity index (χ0) is 21.3. The minimum Gasteiger partial charge on any atom is -0.357 e. The van der Waals surface area contributed by atoms with Gasteiger partial charge >= 0.3 is 0 Å². The summed E-state index contributed by atoms with van der Waals surface area (Å²) in [7, 11) is -4.01. The molecule has 1 aliphatic rings. The first-order chi connectivity index (χ1) is 14.3. The van der Waals surface area contributed by atoms with Gasteiger partial charge in [-0.05, 0) is 48.7 Å². The van der Waals surface area contributed by atoms with Gasteiger partial charge in [-0.15, -0.1) is 0 Å². The van der Waals surface area contributed by atoms with Crippen molar-refractivity contribution in [2.24, 2.45) is 5.14 Å². The molecule has 1 aromatic heterocycles. The largest absolute Gasteiger partial charge is 0.357 e. The van der Waals surface area contributed by atoms with E-state index in [0.717, 1.165) is 31.7 Å². The van der Waals surface area contributed by atoms with Crippen LogP contribution in [0.2, 0.25) is 5.02 Å². The molecule has 3 N–H and O–H groups in total. The number of hydrogen-bond donors (Lipinski definition) is 2. The molecule has 3 aromatic rings. The quantitative estimate of drug-likeness (QED) is 0.628. The van der Waals surface area contributed by atoms with Crippen molar-refractivity contribution in [1.82, 2.24) is 4.98 Å². The molecule has 0 unspecified atom stereocenters. The highest BCUT2D eigenvalue weighted by Crippen LogP contribution is 2.29. The van der Waals surface area contributed by atoms with Crippen molar-refractivity contribution < 1.29 is 13.2 Å². The van der Waals surface area contributed by atoms with E-state index in [1.54, 1.807) is 42.5 Å². The van der Waals surface area contributed by atoms with Crippen molar-refractivity contribution in [2.45, 2.75) is 24.2 Å². The maximum atomic E-state index is 12.5. The number of primary sulfonamides is 1. The van der Waals surface area contributed by atoms with Gasteiger partial charge in [-0.1, -0.05) is 29.8 Å². The number of nitrogens with zero attached hydrogens (tertiary/aromatic N) is 2. The number of fused-ring (bicyclic) bond motifs is 1. The molecule has 2 aromatic carbocycles. The highest BCUT2D eigenvalue weighted by Gasteiger charge is 2.19. The molecule has 1 saturated heterocycles. The van der Waals surface area contributed by atoms with Crippen LogP contribution in [0.15, 0.2) is 53.4 Å². The summed E-state index contributed by atoms with van der Waals surface area (Å²) in [5.74, 6) is 0.457. The molecule has 0 atom stereocenters. The maximum absolute atomic E-state index is 12.5. The lowest BCUT2D eigenvalue weighted by Crippen LogP contribution is -2.19. The predicted octanol–water partition coefficient (Wildman–Crippen LogP) is 3.32. The van der Waals surface area contributed by atoms with Crippen LogP contribution in [0.3, 0.4) is 0 Å². The molecule has 1 fully saturated rings. The Labute approximate surface area is 179 Å². The monoisotopic (exact) mass is 444 g/mol. The Bertz CT molecular complexity index is 1220. The highest BCUT2D eigenvalue weighted by atomic mass is 35.5. The molecule has 0 saturated carbocycles. The number of nitrogens with two attached hydrogens (primary N) is 1. The summed E-state index contributed by atoms with van der Waals surface area (Å²) in [4.78, 5) is 19.2. The number of pyridine rings is 1. The van der Waals surface area contributed by atoms with Gasteiger partial charge in [-0.25, -0.2) is 18.5 Å². The van der Waals surface area contributed by atoms with Crippen LogP contribution in [0.4, 0.5) is 11.5 Å². The fourth-order valence-corrected chi connectivity index (χ4v) is 4.61. The Kier molecular flexibility index (Phi) is 5.64. The van der Waals surface area contributed by atoms with Gasteiger partial charge in [-0.2, -0.15) is 0 Å². The number of carbonyl (C=O) groups excluding carboxylic acids is 1. The number of nitrogens with one attached hydrogen (secondary N) is 1. The van der Waals surface area contributed by atoms with Crippen LogP contribution < -0.4 is 15.4 Å². The van der Waals surface area contributed by atoms with Crippen molar-refractivity contribution in [2.75, 3.05) is 23.3 Å². The van der Waals surface area contributed by atoms with Gasteiger partial charge < -0.3 is 10.2 Å². The molecule has 2 heterocycles. The topological polar surface area (TPSA) is 105 Å². The molecular weight excluding hydrogens is 424 g/mol. The Morgan fingerprint density at radius 3 is 2.57 bits per heavy atom. The molecule has 1 aliphatic heterocycles. The first-order valence-corrected chi connectivity index (χ1v) is 11.5. The van der Waals surface area contributed by atoms with E-state index in [9.17, 15) is 13.2 Å². The van der Waals surface area contributed by atoms with Crippen LogP contribution in [-0.4, -0.2) is 32.4 Å². The van der Waals surface area contributed by atoms with Crippen molar-refractivity contribution in [3.8, 4) is 0 Å².